The van der Waals surface area contributed by atoms with E-state index in [1.54, 1.807) is 12.1 Å². The van der Waals surface area contributed by atoms with Gasteiger partial charge in [-0.25, -0.2) is 0 Å². The number of non-ortho nitro benzene ring substituents is 1. The molecule has 0 saturated heterocycles. The zero-order valence-electron chi connectivity index (χ0n) is 11.3. The zero-order chi connectivity index (χ0) is 13.7. The van der Waals surface area contributed by atoms with Crippen molar-refractivity contribution in [2.45, 2.75) is 51.0 Å². The van der Waals surface area contributed by atoms with Crippen molar-refractivity contribution in [3.63, 3.8) is 0 Å². The Morgan fingerprint density at radius 1 is 1.26 bits per heavy atom. The topological polar surface area (TPSA) is 69.2 Å². The first-order valence-corrected chi connectivity index (χ1v) is 7.16. The van der Waals surface area contributed by atoms with Crippen LogP contribution in [-0.4, -0.2) is 11.0 Å². The van der Waals surface area contributed by atoms with Crippen LogP contribution < -0.4 is 5.73 Å². The van der Waals surface area contributed by atoms with Gasteiger partial charge in [0.05, 0.1) is 4.92 Å². The summed E-state index contributed by atoms with van der Waals surface area (Å²) in [7, 11) is 0. The van der Waals surface area contributed by atoms with Gasteiger partial charge in [0.2, 0.25) is 0 Å². The SMILES string of the molecule is NC(CCCc1ccc([N+](=O)[O-])cc1)C1CCCC1. The molecular formula is C15H22N2O2. The molecule has 2 N–H and O–H groups in total. The van der Waals surface area contributed by atoms with Crippen molar-refractivity contribution >= 4 is 5.69 Å². The van der Waals surface area contributed by atoms with Gasteiger partial charge < -0.3 is 5.73 Å². The second-order valence-electron chi connectivity index (χ2n) is 5.52. The van der Waals surface area contributed by atoms with Crippen LogP contribution in [0, 0.1) is 16.0 Å². The third kappa shape index (κ3) is 4.03. The highest BCUT2D eigenvalue weighted by molar-refractivity contribution is 5.32. The predicted molar refractivity (Wildman–Crippen MR) is 76.0 cm³/mol. The lowest BCUT2D eigenvalue weighted by atomic mass is 9.93. The molecule has 0 amide bonds. The van der Waals surface area contributed by atoms with Crippen LogP contribution in [0.3, 0.4) is 0 Å². The molecule has 1 aliphatic carbocycles. The molecule has 1 unspecified atom stereocenters. The van der Waals surface area contributed by atoms with Crippen molar-refractivity contribution in [1.82, 2.24) is 0 Å². The van der Waals surface area contributed by atoms with Gasteiger partial charge in [-0.3, -0.25) is 10.1 Å². The van der Waals surface area contributed by atoms with E-state index in [0.717, 1.165) is 30.7 Å². The van der Waals surface area contributed by atoms with Crippen LogP contribution in [0.5, 0.6) is 0 Å². The highest BCUT2D eigenvalue weighted by Crippen LogP contribution is 2.28. The molecule has 2 rings (SSSR count). The van der Waals surface area contributed by atoms with Crippen LogP contribution in [-0.2, 0) is 6.42 Å². The number of hydrogen-bond donors (Lipinski definition) is 1. The summed E-state index contributed by atoms with van der Waals surface area (Å²) in [6.07, 6.45) is 8.33. The summed E-state index contributed by atoms with van der Waals surface area (Å²) in [6.45, 7) is 0. The van der Waals surface area contributed by atoms with E-state index in [4.69, 9.17) is 5.73 Å². The fraction of sp³-hybridized carbons (Fsp3) is 0.600. The van der Waals surface area contributed by atoms with Gasteiger partial charge >= 0.3 is 0 Å². The van der Waals surface area contributed by atoms with E-state index in [-0.39, 0.29) is 10.6 Å². The molecule has 1 atom stereocenters. The summed E-state index contributed by atoms with van der Waals surface area (Å²) >= 11 is 0. The summed E-state index contributed by atoms with van der Waals surface area (Å²) in [6, 6.07) is 7.18. The normalized spacial score (nSPS) is 17.5. The molecular weight excluding hydrogens is 240 g/mol. The average Bonchev–Trinajstić information content (AvgIpc) is 2.93. The van der Waals surface area contributed by atoms with Crippen molar-refractivity contribution in [1.29, 1.82) is 0 Å². The number of nitro benzene ring substituents is 1. The molecule has 4 heteroatoms. The smallest absolute Gasteiger partial charge is 0.269 e. The summed E-state index contributed by atoms with van der Waals surface area (Å²) in [5.74, 6) is 0.719. The Morgan fingerprint density at radius 2 is 1.89 bits per heavy atom. The number of rotatable bonds is 6. The van der Waals surface area contributed by atoms with Crippen LogP contribution in [0.2, 0.25) is 0 Å². The summed E-state index contributed by atoms with van der Waals surface area (Å²) < 4.78 is 0. The minimum atomic E-state index is -0.361. The Kier molecular flexibility index (Phi) is 4.91. The van der Waals surface area contributed by atoms with E-state index in [1.807, 2.05) is 12.1 Å². The van der Waals surface area contributed by atoms with Crippen molar-refractivity contribution in [2.24, 2.45) is 11.7 Å². The molecule has 0 aliphatic heterocycles. The quantitative estimate of drug-likeness (QED) is 0.630. The van der Waals surface area contributed by atoms with Crippen molar-refractivity contribution in [3.05, 3.63) is 39.9 Å². The Morgan fingerprint density at radius 3 is 2.47 bits per heavy atom. The van der Waals surface area contributed by atoms with Gasteiger partial charge in [-0.2, -0.15) is 0 Å². The number of benzene rings is 1. The van der Waals surface area contributed by atoms with E-state index in [0.29, 0.717) is 6.04 Å². The first-order chi connectivity index (χ1) is 9.16. The molecule has 1 aliphatic rings. The lowest BCUT2D eigenvalue weighted by Gasteiger charge is -2.18. The molecule has 1 aromatic rings. The van der Waals surface area contributed by atoms with Crippen molar-refractivity contribution < 1.29 is 4.92 Å². The molecule has 0 aromatic heterocycles. The number of nitro groups is 1. The number of hydrogen-bond acceptors (Lipinski definition) is 3. The lowest BCUT2D eigenvalue weighted by Crippen LogP contribution is -2.28. The third-order valence-corrected chi connectivity index (χ3v) is 4.16. The maximum Gasteiger partial charge on any atom is 0.269 e. The van der Waals surface area contributed by atoms with Crippen molar-refractivity contribution in [3.8, 4) is 0 Å². The average molecular weight is 262 g/mol. The Balaban J connectivity index is 1.74. The fourth-order valence-electron chi connectivity index (χ4n) is 2.95. The Hall–Kier alpha value is -1.42. The molecule has 1 saturated carbocycles. The molecule has 0 spiro atoms. The van der Waals surface area contributed by atoms with Crippen LogP contribution in [0.1, 0.15) is 44.1 Å². The molecule has 1 fully saturated rings. The van der Waals surface area contributed by atoms with E-state index >= 15 is 0 Å². The van der Waals surface area contributed by atoms with Gasteiger partial charge in [0.1, 0.15) is 0 Å². The number of nitrogens with two attached hydrogens (primary N) is 1. The highest BCUT2D eigenvalue weighted by atomic mass is 16.6. The molecule has 19 heavy (non-hydrogen) atoms. The van der Waals surface area contributed by atoms with Gasteiger partial charge in [0.25, 0.3) is 5.69 Å². The largest absolute Gasteiger partial charge is 0.327 e. The van der Waals surface area contributed by atoms with E-state index in [1.165, 1.54) is 25.7 Å². The molecule has 1 aromatic carbocycles. The van der Waals surface area contributed by atoms with Gasteiger partial charge in [-0.1, -0.05) is 25.0 Å². The van der Waals surface area contributed by atoms with Gasteiger partial charge in [-0.15, -0.1) is 0 Å². The first-order valence-electron chi connectivity index (χ1n) is 7.16. The lowest BCUT2D eigenvalue weighted by molar-refractivity contribution is -0.384. The molecule has 104 valence electrons. The summed E-state index contributed by atoms with van der Waals surface area (Å²) in [4.78, 5) is 10.2. The van der Waals surface area contributed by atoms with E-state index < -0.39 is 0 Å². The maximum atomic E-state index is 10.6. The van der Waals surface area contributed by atoms with Crippen LogP contribution in [0.4, 0.5) is 5.69 Å². The second-order valence-corrected chi connectivity index (χ2v) is 5.52. The van der Waals surface area contributed by atoms with Crippen molar-refractivity contribution in [2.75, 3.05) is 0 Å². The Labute approximate surface area is 114 Å². The molecule has 0 radical (unpaired) electrons. The van der Waals surface area contributed by atoms with Crippen LogP contribution >= 0.6 is 0 Å². The second kappa shape index (κ2) is 6.66. The minimum Gasteiger partial charge on any atom is -0.327 e. The van der Waals surface area contributed by atoms with Gasteiger partial charge in [0.15, 0.2) is 0 Å². The first kappa shape index (κ1) is 14.0. The third-order valence-electron chi connectivity index (χ3n) is 4.16. The molecule has 0 bridgehead atoms. The summed E-state index contributed by atoms with van der Waals surface area (Å²) in [5.41, 5.74) is 7.53. The molecule has 0 heterocycles. The van der Waals surface area contributed by atoms with Gasteiger partial charge in [-0.05, 0) is 43.6 Å². The van der Waals surface area contributed by atoms with Crippen LogP contribution in [0.25, 0.3) is 0 Å². The monoisotopic (exact) mass is 262 g/mol. The Bertz CT molecular complexity index is 411. The zero-order valence-corrected chi connectivity index (χ0v) is 11.3. The predicted octanol–water partition coefficient (Wildman–Crippen LogP) is 3.44. The highest BCUT2D eigenvalue weighted by Gasteiger charge is 2.21. The summed E-state index contributed by atoms with van der Waals surface area (Å²) in [5, 5.41) is 10.6. The van der Waals surface area contributed by atoms with Gasteiger partial charge in [0, 0.05) is 18.2 Å². The number of aryl methyl sites for hydroxylation is 1. The van der Waals surface area contributed by atoms with E-state index in [9.17, 15) is 10.1 Å². The van der Waals surface area contributed by atoms with E-state index in [2.05, 4.69) is 0 Å². The maximum absolute atomic E-state index is 10.6. The minimum absolute atomic E-state index is 0.159. The standard InChI is InChI=1S/C15H22N2O2/c16-15(13-5-1-2-6-13)7-3-4-12-8-10-14(11-9-12)17(18)19/h8-11,13,15H,1-7,16H2. The fourth-order valence-corrected chi connectivity index (χ4v) is 2.95. The number of nitrogens with zero attached hydrogens (tertiary/aromatic N) is 1. The molecule has 4 nitrogen and oxygen atoms in total. The van der Waals surface area contributed by atoms with Crippen LogP contribution in [0.15, 0.2) is 24.3 Å².